The molecule has 1 fully saturated rings. The molecule has 3 N–H and O–H groups in total. The molecule has 0 saturated heterocycles. The molecule has 1 aliphatic rings. The number of hydrogen-bond acceptors (Lipinski definition) is 3. The maximum atomic E-state index is 14.3. The Balaban J connectivity index is 1.28. The summed E-state index contributed by atoms with van der Waals surface area (Å²) in [6, 6.07) is 31.6. The summed E-state index contributed by atoms with van der Waals surface area (Å²) in [5, 5.41) is 9.42. The molecule has 0 unspecified atom stereocenters. The summed E-state index contributed by atoms with van der Waals surface area (Å²) in [4.78, 5) is 46.3. The minimum atomic E-state index is -1.07. The molecule has 0 spiro atoms. The monoisotopic (exact) mass is 586 g/mol. The van der Waals surface area contributed by atoms with Crippen LogP contribution in [0, 0.1) is 0 Å². The Morgan fingerprint density at radius 2 is 1.52 bits per heavy atom. The number of amides is 3. The van der Waals surface area contributed by atoms with Crippen LogP contribution in [0.15, 0.2) is 103 Å². The van der Waals surface area contributed by atoms with Gasteiger partial charge in [0.05, 0.1) is 12.0 Å². The van der Waals surface area contributed by atoms with Crippen LogP contribution in [-0.2, 0) is 22.4 Å². The lowest BCUT2D eigenvalue weighted by Gasteiger charge is -2.39. The molecule has 44 heavy (non-hydrogen) atoms. The van der Waals surface area contributed by atoms with Crippen molar-refractivity contribution in [2.45, 2.75) is 56.7 Å². The highest BCUT2D eigenvalue weighted by atomic mass is 16.2. The number of carbonyl (C=O) groups is 3. The third-order valence-corrected chi connectivity index (χ3v) is 8.93. The minimum Gasteiger partial charge on any atom is -0.360 e. The highest BCUT2D eigenvalue weighted by molar-refractivity contribution is 6.08. The number of likely N-dealkylation sites (N-methyl/N-ethyl adjacent to an activating group) is 1. The standard InChI is InChI=1S/C37H38N4O3/c1-41(34(42)24-26-12-4-2-5-13-26)33(23-27-18-19-28-14-6-7-15-29(28)22-27)39-36(44)37(20-10-3-11-21-37)40-35(43)31-25-38-32-17-9-8-16-30(31)32/h2,4-9,12-19,22,25,33,38H,3,10-11,20-21,23-24H2,1H3,(H,39,44)(H,40,43)/t33-/m1/s1. The number of aromatic nitrogens is 1. The third kappa shape index (κ3) is 6.23. The van der Waals surface area contributed by atoms with Gasteiger partial charge in [-0.25, -0.2) is 0 Å². The van der Waals surface area contributed by atoms with Gasteiger partial charge in [0.15, 0.2) is 0 Å². The van der Waals surface area contributed by atoms with E-state index in [1.165, 1.54) is 0 Å². The molecule has 7 heteroatoms. The molecule has 1 saturated carbocycles. The summed E-state index contributed by atoms with van der Waals surface area (Å²) in [5.41, 5.74) is 2.23. The zero-order chi connectivity index (χ0) is 30.5. The lowest BCUT2D eigenvalue weighted by Crippen LogP contribution is -2.63. The quantitative estimate of drug-likeness (QED) is 0.181. The van der Waals surface area contributed by atoms with Crippen LogP contribution in [0.4, 0.5) is 0 Å². The fourth-order valence-electron chi connectivity index (χ4n) is 6.34. The predicted molar refractivity (Wildman–Crippen MR) is 174 cm³/mol. The maximum absolute atomic E-state index is 14.3. The second kappa shape index (κ2) is 12.8. The first-order valence-electron chi connectivity index (χ1n) is 15.4. The fourth-order valence-corrected chi connectivity index (χ4v) is 6.34. The SMILES string of the molecule is CN(C(=O)Cc1ccccc1)[C@H](Cc1ccc2ccccc2c1)NC(=O)C1(NC(=O)c2c[nH]c3ccccc23)CCCCC1. The van der Waals surface area contributed by atoms with E-state index in [2.05, 4.69) is 39.9 Å². The van der Waals surface area contributed by atoms with Gasteiger partial charge in [-0.1, -0.05) is 110 Å². The van der Waals surface area contributed by atoms with E-state index < -0.39 is 11.7 Å². The van der Waals surface area contributed by atoms with Gasteiger partial charge in [-0.2, -0.15) is 0 Å². The Labute approximate surface area is 257 Å². The molecule has 0 aliphatic heterocycles. The number of benzene rings is 4. The van der Waals surface area contributed by atoms with Gasteiger partial charge >= 0.3 is 0 Å². The summed E-state index contributed by atoms with van der Waals surface area (Å²) >= 11 is 0. The van der Waals surface area contributed by atoms with E-state index in [9.17, 15) is 14.4 Å². The second-order valence-electron chi connectivity index (χ2n) is 11.9. The fraction of sp³-hybridized carbons (Fsp3) is 0.270. The lowest BCUT2D eigenvalue weighted by atomic mass is 9.80. The molecule has 1 aromatic heterocycles. The molecule has 1 aliphatic carbocycles. The number of H-pyrrole nitrogens is 1. The number of hydrogen-bond donors (Lipinski definition) is 3. The average Bonchev–Trinajstić information content (AvgIpc) is 3.49. The van der Waals surface area contributed by atoms with E-state index in [0.29, 0.717) is 24.8 Å². The number of nitrogens with one attached hydrogen (secondary N) is 3. The van der Waals surface area contributed by atoms with E-state index in [1.54, 1.807) is 18.1 Å². The molecule has 7 nitrogen and oxygen atoms in total. The van der Waals surface area contributed by atoms with E-state index in [-0.39, 0.29) is 24.1 Å². The Morgan fingerprint density at radius 3 is 2.32 bits per heavy atom. The van der Waals surface area contributed by atoms with Gasteiger partial charge in [0.1, 0.15) is 11.7 Å². The van der Waals surface area contributed by atoms with E-state index in [4.69, 9.17) is 0 Å². The summed E-state index contributed by atoms with van der Waals surface area (Å²) in [6.45, 7) is 0. The van der Waals surface area contributed by atoms with Crippen LogP contribution in [0.25, 0.3) is 21.7 Å². The first-order valence-corrected chi connectivity index (χ1v) is 15.4. The van der Waals surface area contributed by atoms with E-state index in [0.717, 1.165) is 52.1 Å². The summed E-state index contributed by atoms with van der Waals surface area (Å²) in [5.74, 6) is -0.627. The summed E-state index contributed by atoms with van der Waals surface area (Å²) in [6.07, 6.45) is 5.50. The van der Waals surface area contributed by atoms with Crippen molar-refractivity contribution < 1.29 is 14.4 Å². The first kappa shape index (κ1) is 29.2. The van der Waals surface area contributed by atoms with Crippen LogP contribution >= 0.6 is 0 Å². The normalized spacial score (nSPS) is 15.0. The van der Waals surface area contributed by atoms with E-state index in [1.807, 2.05) is 72.8 Å². The number of rotatable bonds is 9. The van der Waals surface area contributed by atoms with Gasteiger partial charge in [0, 0.05) is 30.6 Å². The molecule has 1 atom stereocenters. The smallest absolute Gasteiger partial charge is 0.254 e. The molecular formula is C37H38N4O3. The molecule has 3 amide bonds. The molecule has 224 valence electrons. The lowest BCUT2D eigenvalue weighted by molar-refractivity contribution is -0.136. The zero-order valence-corrected chi connectivity index (χ0v) is 25.0. The molecule has 4 aromatic carbocycles. The molecule has 1 heterocycles. The molecular weight excluding hydrogens is 548 g/mol. The molecule has 5 aromatic rings. The molecule has 0 radical (unpaired) electrons. The van der Waals surface area contributed by atoms with Crippen molar-refractivity contribution in [1.29, 1.82) is 0 Å². The van der Waals surface area contributed by atoms with Crippen molar-refractivity contribution in [3.8, 4) is 0 Å². The number of carbonyl (C=O) groups excluding carboxylic acids is 3. The van der Waals surface area contributed by atoms with Crippen LogP contribution in [0.5, 0.6) is 0 Å². The number of fused-ring (bicyclic) bond motifs is 2. The van der Waals surface area contributed by atoms with Crippen molar-refractivity contribution in [2.75, 3.05) is 7.05 Å². The number of nitrogens with zero attached hydrogens (tertiary/aromatic N) is 1. The van der Waals surface area contributed by atoms with Crippen molar-refractivity contribution in [2.24, 2.45) is 0 Å². The predicted octanol–water partition coefficient (Wildman–Crippen LogP) is 6.14. The van der Waals surface area contributed by atoms with Crippen molar-refractivity contribution in [1.82, 2.24) is 20.5 Å². The summed E-state index contributed by atoms with van der Waals surface area (Å²) < 4.78 is 0. The largest absolute Gasteiger partial charge is 0.360 e. The van der Waals surface area contributed by atoms with Crippen LogP contribution in [0.1, 0.15) is 53.6 Å². The average molecular weight is 587 g/mol. The Morgan fingerprint density at radius 1 is 0.818 bits per heavy atom. The van der Waals surface area contributed by atoms with Gasteiger partial charge in [0.2, 0.25) is 11.8 Å². The van der Waals surface area contributed by atoms with Gasteiger partial charge in [-0.15, -0.1) is 0 Å². The highest BCUT2D eigenvalue weighted by Crippen LogP contribution is 2.30. The molecule has 6 rings (SSSR count). The maximum Gasteiger partial charge on any atom is 0.254 e. The van der Waals surface area contributed by atoms with Gasteiger partial charge in [-0.3, -0.25) is 14.4 Å². The Bertz CT molecular complexity index is 1790. The van der Waals surface area contributed by atoms with E-state index >= 15 is 0 Å². The zero-order valence-electron chi connectivity index (χ0n) is 25.0. The minimum absolute atomic E-state index is 0.0946. The van der Waals surface area contributed by atoms with Crippen molar-refractivity contribution in [3.63, 3.8) is 0 Å². The van der Waals surface area contributed by atoms with Crippen molar-refractivity contribution >= 4 is 39.4 Å². The number of aromatic amines is 1. The first-order chi connectivity index (χ1) is 21.4. The topological polar surface area (TPSA) is 94.3 Å². The van der Waals surface area contributed by atoms with Crippen LogP contribution in [0.2, 0.25) is 0 Å². The van der Waals surface area contributed by atoms with Gasteiger partial charge in [-0.05, 0) is 40.8 Å². The van der Waals surface area contributed by atoms with Gasteiger partial charge in [0.25, 0.3) is 5.91 Å². The van der Waals surface area contributed by atoms with Crippen LogP contribution in [0.3, 0.4) is 0 Å². The molecule has 0 bridgehead atoms. The van der Waals surface area contributed by atoms with Gasteiger partial charge < -0.3 is 20.5 Å². The summed E-state index contributed by atoms with van der Waals surface area (Å²) in [7, 11) is 1.75. The third-order valence-electron chi connectivity index (χ3n) is 8.93. The number of para-hydroxylation sites is 1. The van der Waals surface area contributed by atoms with Crippen molar-refractivity contribution in [3.05, 3.63) is 120 Å². The Hall–Kier alpha value is -4.91. The van der Waals surface area contributed by atoms with Crippen LogP contribution in [-0.4, -0.2) is 46.4 Å². The Kier molecular flexibility index (Phi) is 8.46. The van der Waals surface area contributed by atoms with Crippen LogP contribution < -0.4 is 10.6 Å². The second-order valence-corrected chi connectivity index (χ2v) is 11.9. The highest BCUT2D eigenvalue weighted by Gasteiger charge is 2.42.